The lowest BCUT2D eigenvalue weighted by Gasteiger charge is -2.09. The Morgan fingerprint density at radius 2 is 2.04 bits per heavy atom. The van der Waals surface area contributed by atoms with E-state index in [1.54, 1.807) is 0 Å². The number of carbonyl (C=O) groups is 2. The zero-order valence-corrected chi connectivity index (χ0v) is 17.8. The zero-order chi connectivity index (χ0) is 20.4. The van der Waals surface area contributed by atoms with Gasteiger partial charge in [0.15, 0.2) is 4.34 Å². The molecular formula is C18H25N5O3S2. The number of aromatic nitrogens is 2. The predicted molar refractivity (Wildman–Crippen MR) is 113 cm³/mol. The maximum absolute atomic E-state index is 11.9. The number of hydrogen-bond donors (Lipinski definition) is 3. The van der Waals surface area contributed by atoms with Crippen molar-refractivity contribution < 1.29 is 14.3 Å². The predicted octanol–water partition coefficient (Wildman–Crippen LogP) is 3.64. The number of imide groups is 1. The molecule has 0 atom stereocenters. The van der Waals surface area contributed by atoms with Gasteiger partial charge < -0.3 is 15.4 Å². The minimum atomic E-state index is -0.474. The summed E-state index contributed by atoms with van der Waals surface area (Å²) in [6, 6.07) is 7.09. The molecule has 0 aliphatic carbocycles. The minimum Gasteiger partial charge on any atom is -0.492 e. The molecule has 2 rings (SSSR count). The van der Waals surface area contributed by atoms with Gasteiger partial charge in [-0.05, 0) is 31.4 Å². The Kier molecular flexibility index (Phi) is 9.02. The number of nitrogens with one attached hydrogen (secondary N) is 3. The first-order valence-electron chi connectivity index (χ1n) is 9.00. The summed E-state index contributed by atoms with van der Waals surface area (Å²) >= 11 is 2.55. The molecule has 0 fully saturated rings. The average molecular weight is 424 g/mol. The molecule has 0 saturated carbocycles. The van der Waals surface area contributed by atoms with Crippen molar-refractivity contribution in [2.75, 3.05) is 24.2 Å². The number of benzene rings is 1. The molecule has 0 bridgehead atoms. The van der Waals surface area contributed by atoms with Crippen LogP contribution in [0.3, 0.4) is 0 Å². The number of thioether (sulfide) groups is 1. The van der Waals surface area contributed by atoms with Crippen LogP contribution in [0.5, 0.6) is 5.75 Å². The first-order valence-corrected chi connectivity index (χ1v) is 10.8. The molecule has 1 aromatic heterocycles. The van der Waals surface area contributed by atoms with E-state index in [2.05, 4.69) is 40.0 Å². The molecule has 1 heterocycles. The van der Waals surface area contributed by atoms with E-state index in [-0.39, 0.29) is 11.7 Å². The van der Waals surface area contributed by atoms with E-state index in [1.165, 1.54) is 23.1 Å². The fraction of sp³-hybridized carbons (Fsp3) is 0.444. The van der Waals surface area contributed by atoms with Gasteiger partial charge in [-0.2, -0.15) is 0 Å². The lowest BCUT2D eigenvalue weighted by atomic mass is 10.1. The van der Waals surface area contributed by atoms with Gasteiger partial charge in [0, 0.05) is 6.54 Å². The molecule has 3 amide bonds. The molecule has 0 unspecified atom stereocenters. The second-order valence-electron chi connectivity index (χ2n) is 6.20. The van der Waals surface area contributed by atoms with Crippen molar-refractivity contribution in [3.8, 4) is 5.75 Å². The third kappa shape index (κ3) is 7.73. The van der Waals surface area contributed by atoms with Gasteiger partial charge in [0.05, 0.1) is 18.0 Å². The monoisotopic (exact) mass is 423 g/mol. The second-order valence-corrected chi connectivity index (χ2v) is 8.40. The van der Waals surface area contributed by atoms with Crippen LogP contribution in [-0.2, 0) is 4.79 Å². The number of rotatable bonds is 10. The Labute approximate surface area is 172 Å². The van der Waals surface area contributed by atoms with Gasteiger partial charge in [-0.25, -0.2) is 4.79 Å². The van der Waals surface area contributed by atoms with Gasteiger partial charge in [0.1, 0.15) is 5.75 Å². The third-order valence-electron chi connectivity index (χ3n) is 3.42. The van der Waals surface area contributed by atoms with Crippen LogP contribution in [0.2, 0.25) is 0 Å². The standard InChI is InChI=1S/C18H25N5O3S2/c1-4-26-14-8-6-5-7-13(14)20-17-22-23-18(28-17)27-11-15(24)21-16(25)19-10-9-12(2)3/h5-8,12H,4,9-11H2,1-3H3,(H,20,22)(H2,19,21,24,25). The summed E-state index contributed by atoms with van der Waals surface area (Å²) < 4.78 is 6.20. The van der Waals surface area contributed by atoms with Crippen molar-refractivity contribution in [1.82, 2.24) is 20.8 Å². The highest BCUT2D eigenvalue weighted by molar-refractivity contribution is 8.01. The van der Waals surface area contributed by atoms with Crippen molar-refractivity contribution >= 4 is 45.9 Å². The van der Waals surface area contributed by atoms with E-state index in [9.17, 15) is 9.59 Å². The van der Waals surface area contributed by atoms with E-state index >= 15 is 0 Å². The Bertz CT molecular complexity index is 782. The van der Waals surface area contributed by atoms with Crippen LogP contribution in [0.25, 0.3) is 0 Å². The van der Waals surface area contributed by atoms with Gasteiger partial charge in [-0.3, -0.25) is 10.1 Å². The van der Waals surface area contributed by atoms with E-state index in [4.69, 9.17) is 4.74 Å². The van der Waals surface area contributed by atoms with Crippen molar-refractivity contribution in [3.63, 3.8) is 0 Å². The lowest BCUT2D eigenvalue weighted by Crippen LogP contribution is -2.40. The fourth-order valence-corrected chi connectivity index (χ4v) is 3.66. The molecule has 3 N–H and O–H groups in total. The van der Waals surface area contributed by atoms with Gasteiger partial charge in [0.2, 0.25) is 11.0 Å². The maximum Gasteiger partial charge on any atom is 0.321 e. The van der Waals surface area contributed by atoms with Crippen LogP contribution in [0.4, 0.5) is 15.6 Å². The van der Waals surface area contributed by atoms with Crippen LogP contribution in [-0.4, -0.2) is 41.0 Å². The molecule has 0 radical (unpaired) electrons. The fourth-order valence-electron chi connectivity index (χ4n) is 2.09. The van der Waals surface area contributed by atoms with Crippen molar-refractivity contribution in [2.24, 2.45) is 5.92 Å². The van der Waals surface area contributed by atoms with E-state index in [0.29, 0.717) is 28.5 Å². The van der Waals surface area contributed by atoms with Gasteiger partial charge in [-0.15, -0.1) is 10.2 Å². The highest BCUT2D eigenvalue weighted by atomic mass is 32.2. The van der Waals surface area contributed by atoms with E-state index in [1.807, 2.05) is 31.2 Å². The summed E-state index contributed by atoms with van der Waals surface area (Å²) in [5.74, 6) is 0.935. The third-order valence-corrected chi connectivity index (χ3v) is 5.39. The normalized spacial score (nSPS) is 10.6. The summed E-state index contributed by atoms with van der Waals surface area (Å²) in [5, 5.41) is 16.9. The molecule has 8 nitrogen and oxygen atoms in total. The Morgan fingerprint density at radius 1 is 1.25 bits per heavy atom. The summed E-state index contributed by atoms with van der Waals surface area (Å²) in [6.45, 7) is 7.17. The molecule has 0 spiro atoms. The van der Waals surface area contributed by atoms with Gasteiger partial charge >= 0.3 is 6.03 Å². The maximum atomic E-state index is 11.9. The molecule has 2 aromatic rings. The van der Waals surface area contributed by atoms with Gasteiger partial charge in [0.25, 0.3) is 0 Å². The summed E-state index contributed by atoms with van der Waals surface area (Å²) in [5.41, 5.74) is 0.799. The molecular weight excluding hydrogens is 398 g/mol. The van der Waals surface area contributed by atoms with E-state index in [0.717, 1.165) is 17.9 Å². The second kappa shape index (κ2) is 11.5. The first kappa shape index (κ1) is 22.0. The molecule has 28 heavy (non-hydrogen) atoms. The molecule has 1 aromatic carbocycles. The van der Waals surface area contributed by atoms with Crippen molar-refractivity contribution in [1.29, 1.82) is 0 Å². The van der Waals surface area contributed by atoms with Crippen LogP contribution < -0.4 is 20.7 Å². The summed E-state index contributed by atoms with van der Waals surface area (Å²) in [6.07, 6.45) is 0.864. The van der Waals surface area contributed by atoms with Crippen LogP contribution in [0.1, 0.15) is 27.2 Å². The molecule has 0 aliphatic heterocycles. The zero-order valence-electron chi connectivity index (χ0n) is 16.2. The summed E-state index contributed by atoms with van der Waals surface area (Å²) in [7, 11) is 0. The van der Waals surface area contributed by atoms with E-state index < -0.39 is 6.03 Å². The molecule has 0 saturated heterocycles. The molecule has 152 valence electrons. The van der Waals surface area contributed by atoms with Crippen molar-refractivity contribution in [2.45, 2.75) is 31.5 Å². The number of urea groups is 1. The molecule has 10 heteroatoms. The Hall–Kier alpha value is -2.33. The van der Waals surface area contributed by atoms with Crippen LogP contribution >= 0.6 is 23.1 Å². The number of amides is 3. The number of ether oxygens (including phenoxy) is 1. The average Bonchev–Trinajstić information content (AvgIpc) is 3.09. The highest BCUT2D eigenvalue weighted by Crippen LogP contribution is 2.31. The lowest BCUT2D eigenvalue weighted by molar-refractivity contribution is -0.117. The highest BCUT2D eigenvalue weighted by Gasteiger charge is 2.12. The van der Waals surface area contributed by atoms with Crippen LogP contribution in [0.15, 0.2) is 28.6 Å². The summed E-state index contributed by atoms with van der Waals surface area (Å²) in [4.78, 5) is 23.5. The largest absolute Gasteiger partial charge is 0.492 e. The number of para-hydroxylation sites is 2. The Morgan fingerprint density at radius 3 is 2.79 bits per heavy atom. The number of nitrogens with zero attached hydrogens (tertiary/aromatic N) is 2. The Balaban J connectivity index is 1.78. The number of anilines is 2. The molecule has 0 aliphatic rings. The smallest absolute Gasteiger partial charge is 0.321 e. The SMILES string of the molecule is CCOc1ccccc1Nc1nnc(SCC(=O)NC(=O)NCCC(C)C)s1. The first-order chi connectivity index (χ1) is 13.5. The minimum absolute atomic E-state index is 0.0851. The van der Waals surface area contributed by atoms with Crippen molar-refractivity contribution in [3.05, 3.63) is 24.3 Å². The number of hydrogen-bond acceptors (Lipinski definition) is 8. The van der Waals surface area contributed by atoms with Crippen LogP contribution in [0, 0.1) is 5.92 Å². The topological polar surface area (TPSA) is 105 Å². The van der Waals surface area contributed by atoms with Gasteiger partial charge in [-0.1, -0.05) is 49.1 Å². The quantitative estimate of drug-likeness (QED) is 0.501. The number of carbonyl (C=O) groups excluding carboxylic acids is 2.